The second-order valence-corrected chi connectivity index (χ2v) is 5.91. The summed E-state index contributed by atoms with van der Waals surface area (Å²) in [6.07, 6.45) is 3.34. The Morgan fingerprint density at radius 3 is 2.58 bits per heavy atom. The van der Waals surface area contributed by atoms with Gasteiger partial charge in [0.1, 0.15) is 0 Å². The Hall–Kier alpha value is -1.42. The SMILES string of the molecule is CCOC(=O)C1=C(S(=O)c2ccccc2)CCCC1. The molecule has 102 valence electrons. The predicted molar refractivity (Wildman–Crippen MR) is 75.0 cm³/mol. The average Bonchev–Trinajstić information content (AvgIpc) is 2.47. The first-order valence-corrected chi connectivity index (χ1v) is 7.75. The van der Waals surface area contributed by atoms with Crippen LogP contribution in [0.3, 0.4) is 0 Å². The molecule has 1 aromatic rings. The standard InChI is InChI=1S/C15H18O3S/c1-2-18-15(16)13-10-6-7-11-14(13)19(17)12-8-4-3-5-9-12/h3-5,8-9H,2,6-7,10-11H2,1H3. The van der Waals surface area contributed by atoms with E-state index < -0.39 is 10.8 Å². The van der Waals surface area contributed by atoms with Crippen molar-refractivity contribution in [1.82, 2.24) is 0 Å². The third kappa shape index (κ3) is 3.32. The van der Waals surface area contributed by atoms with Gasteiger partial charge in [0, 0.05) is 15.4 Å². The Morgan fingerprint density at radius 1 is 1.21 bits per heavy atom. The van der Waals surface area contributed by atoms with Gasteiger partial charge in [0.05, 0.1) is 17.4 Å². The van der Waals surface area contributed by atoms with Gasteiger partial charge in [-0.3, -0.25) is 0 Å². The maximum atomic E-state index is 12.6. The van der Waals surface area contributed by atoms with E-state index in [0.29, 0.717) is 18.6 Å². The van der Waals surface area contributed by atoms with Crippen molar-refractivity contribution in [1.29, 1.82) is 0 Å². The largest absolute Gasteiger partial charge is 0.463 e. The van der Waals surface area contributed by atoms with Crippen molar-refractivity contribution in [2.45, 2.75) is 37.5 Å². The van der Waals surface area contributed by atoms with Crippen LogP contribution in [0.2, 0.25) is 0 Å². The number of benzene rings is 1. The lowest BCUT2D eigenvalue weighted by atomic mass is 9.99. The quantitative estimate of drug-likeness (QED) is 0.794. The highest BCUT2D eigenvalue weighted by molar-refractivity contribution is 7.89. The Bertz CT molecular complexity index is 505. The summed E-state index contributed by atoms with van der Waals surface area (Å²) >= 11 is 0. The minimum atomic E-state index is -1.25. The Kier molecular flexibility index (Phi) is 4.91. The minimum Gasteiger partial charge on any atom is -0.463 e. The van der Waals surface area contributed by atoms with Crippen molar-refractivity contribution >= 4 is 16.8 Å². The number of hydrogen-bond acceptors (Lipinski definition) is 3. The molecule has 0 amide bonds. The van der Waals surface area contributed by atoms with Crippen LogP contribution < -0.4 is 0 Å². The zero-order chi connectivity index (χ0) is 13.7. The third-order valence-corrected chi connectivity index (χ3v) is 4.72. The lowest BCUT2D eigenvalue weighted by Crippen LogP contribution is -2.15. The van der Waals surface area contributed by atoms with Crippen molar-refractivity contribution in [2.24, 2.45) is 0 Å². The van der Waals surface area contributed by atoms with E-state index in [1.807, 2.05) is 30.3 Å². The summed E-state index contributed by atoms with van der Waals surface area (Å²) in [7, 11) is -1.25. The molecule has 1 unspecified atom stereocenters. The molecular formula is C15H18O3S. The summed E-state index contributed by atoms with van der Waals surface area (Å²) in [5.74, 6) is -0.304. The van der Waals surface area contributed by atoms with Crippen LogP contribution in [0.1, 0.15) is 32.6 Å². The van der Waals surface area contributed by atoms with Gasteiger partial charge in [-0.25, -0.2) is 9.00 Å². The highest BCUT2D eigenvalue weighted by Crippen LogP contribution is 2.30. The highest BCUT2D eigenvalue weighted by atomic mass is 32.2. The van der Waals surface area contributed by atoms with Crippen LogP contribution in [0.4, 0.5) is 0 Å². The van der Waals surface area contributed by atoms with Crippen LogP contribution >= 0.6 is 0 Å². The molecule has 0 bridgehead atoms. The molecule has 0 heterocycles. The van der Waals surface area contributed by atoms with E-state index >= 15 is 0 Å². The highest BCUT2D eigenvalue weighted by Gasteiger charge is 2.24. The summed E-state index contributed by atoms with van der Waals surface area (Å²) < 4.78 is 17.6. The molecule has 0 radical (unpaired) electrons. The van der Waals surface area contributed by atoms with Gasteiger partial charge in [-0.05, 0) is 44.7 Å². The fourth-order valence-corrected chi connectivity index (χ4v) is 3.63. The molecule has 1 aliphatic rings. The molecule has 0 spiro atoms. The number of allylic oxidation sites excluding steroid dienone is 1. The maximum Gasteiger partial charge on any atom is 0.334 e. The smallest absolute Gasteiger partial charge is 0.334 e. The predicted octanol–water partition coefficient (Wildman–Crippen LogP) is 3.19. The first-order valence-electron chi connectivity index (χ1n) is 6.60. The van der Waals surface area contributed by atoms with Crippen LogP contribution in [0.5, 0.6) is 0 Å². The number of rotatable bonds is 4. The lowest BCUT2D eigenvalue weighted by Gasteiger charge is -2.18. The van der Waals surface area contributed by atoms with E-state index in [1.165, 1.54) is 0 Å². The van der Waals surface area contributed by atoms with Crippen molar-refractivity contribution in [2.75, 3.05) is 6.61 Å². The van der Waals surface area contributed by atoms with E-state index in [9.17, 15) is 9.00 Å². The topological polar surface area (TPSA) is 43.4 Å². The minimum absolute atomic E-state index is 0.304. The van der Waals surface area contributed by atoms with Crippen LogP contribution in [0.15, 0.2) is 45.7 Å². The first kappa shape index (κ1) is 14.0. The van der Waals surface area contributed by atoms with E-state index in [1.54, 1.807) is 6.92 Å². The number of carbonyl (C=O) groups excluding carboxylic acids is 1. The van der Waals surface area contributed by atoms with Gasteiger partial charge < -0.3 is 4.74 Å². The summed E-state index contributed by atoms with van der Waals surface area (Å²) in [6.45, 7) is 2.14. The van der Waals surface area contributed by atoms with Gasteiger partial charge in [-0.1, -0.05) is 18.2 Å². The summed E-state index contributed by atoms with van der Waals surface area (Å²) in [4.78, 5) is 13.4. The number of esters is 1. The van der Waals surface area contributed by atoms with Crippen molar-refractivity contribution < 1.29 is 13.7 Å². The lowest BCUT2D eigenvalue weighted by molar-refractivity contribution is -0.138. The summed E-state index contributed by atoms with van der Waals surface area (Å²) in [5, 5.41) is 0. The average molecular weight is 278 g/mol. The monoisotopic (exact) mass is 278 g/mol. The molecule has 0 fully saturated rings. The summed E-state index contributed by atoms with van der Waals surface area (Å²) in [5.41, 5.74) is 0.621. The molecule has 0 N–H and O–H groups in total. The molecule has 4 heteroatoms. The number of hydrogen-bond donors (Lipinski definition) is 0. The molecule has 0 saturated carbocycles. The van der Waals surface area contributed by atoms with Gasteiger partial charge in [0.15, 0.2) is 0 Å². The van der Waals surface area contributed by atoms with Gasteiger partial charge in [-0.2, -0.15) is 0 Å². The van der Waals surface area contributed by atoms with Crippen molar-refractivity contribution in [3.8, 4) is 0 Å². The van der Waals surface area contributed by atoms with Gasteiger partial charge >= 0.3 is 5.97 Å². The molecule has 19 heavy (non-hydrogen) atoms. The van der Waals surface area contributed by atoms with E-state index in [-0.39, 0.29) is 5.97 Å². The number of carbonyl (C=O) groups is 1. The van der Waals surface area contributed by atoms with E-state index in [4.69, 9.17) is 4.74 Å². The third-order valence-electron chi connectivity index (χ3n) is 3.12. The zero-order valence-electron chi connectivity index (χ0n) is 11.1. The van der Waals surface area contributed by atoms with Crippen LogP contribution in [0, 0.1) is 0 Å². The molecule has 1 atom stereocenters. The molecule has 0 saturated heterocycles. The normalized spacial score (nSPS) is 17.1. The molecular weight excluding hydrogens is 260 g/mol. The van der Waals surface area contributed by atoms with Crippen molar-refractivity contribution in [3.63, 3.8) is 0 Å². The van der Waals surface area contributed by atoms with Crippen LogP contribution in [0.25, 0.3) is 0 Å². The van der Waals surface area contributed by atoms with Gasteiger partial charge in [0.2, 0.25) is 0 Å². The summed E-state index contributed by atoms with van der Waals surface area (Å²) in [6, 6.07) is 9.28. The fourth-order valence-electron chi connectivity index (χ4n) is 2.20. The first-order chi connectivity index (χ1) is 9.24. The second kappa shape index (κ2) is 6.66. The van der Waals surface area contributed by atoms with E-state index in [0.717, 1.165) is 29.1 Å². The molecule has 0 aliphatic heterocycles. The van der Waals surface area contributed by atoms with Crippen LogP contribution in [-0.4, -0.2) is 16.8 Å². The molecule has 0 aromatic heterocycles. The fraction of sp³-hybridized carbons (Fsp3) is 0.400. The maximum absolute atomic E-state index is 12.6. The Labute approximate surface area is 116 Å². The van der Waals surface area contributed by atoms with Crippen LogP contribution in [-0.2, 0) is 20.3 Å². The van der Waals surface area contributed by atoms with Gasteiger partial charge in [0.25, 0.3) is 0 Å². The zero-order valence-corrected chi connectivity index (χ0v) is 11.9. The van der Waals surface area contributed by atoms with E-state index in [2.05, 4.69) is 0 Å². The van der Waals surface area contributed by atoms with Gasteiger partial charge in [-0.15, -0.1) is 0 Å². The van der Waals surface area contributed by atoms with Crippen molar-refractivity contribution in [3.05, 3.63) is 40.8 Å². The molecule has 3 nitrogen and oxygen atoms in total. The second-order valence-electron chi connectivity index (χ2n) is 4.41. The molecule has 1 aliphatic carbocycles. The Balaban J connectivity index is 2.33. The molecule has 1 aromatic carbocycles. The number of ether oxygens (including phenoxy) is 1. The Morgan fingerprint density at radius 2 is 1.89 bits per heavy atom. The molecule has 2 rings (SSSR count).